The monoisotopic (exact) mass is 270 g/mol. The van der Waals surface area contributed by atoms with Crippen LogP contribution in [0.4, 0.5) is 0 Å². The van der Waals surface area contributed by atoms with Crippen molar-refractivity contribution in [1.82, 2.24) is 5.32 Å². The second kappa shape index (κ2) is 7.85. The number of rotatable bonds is 8. The maximum Gasteiger partial charge on any atom is 0.237 e. The average Bonchev–Trinajstić information content (AvgIpc) is 2.39. The highest BCUT2D eigenvalue weighted by Gasteiger charge is 2.30. The van der Waals surface area contributed by atoms with E-state index in [9.17, 15) is 4.79 Å². The van der Waals surface area contributed by atoms with Gasteiger partial charge in [-0.1, -0.05) is 33.1 Å². The lowest BCUT2D eigenvalue weighted by atomic mass is 9.85. The Balaban J connectivity index is 2.33. The lowest BCUT2D eigenvalue weighted by Gasteiger charge is -2.31. The predicted molar refractivity (Wildman–Crippen MR) is 77.9 cm³/mol. The highest BCUT2D eigenvalue weighted by molar-refractivity contribution is 5.84. The van der Waals surface area contributed by atoms with E-state index in [1.807, 2.05) is 13.8 Å². The molecule has 1 saturated carbocycles. The standard InChI is InChI=1S/C15H30N2O2/c1-4-12-7-6-8-13(11-12)19-10-9-15(3,14(16)18)17-5-2/h12-13,17H,4-11H2,1-3H3,(H2,16,18). The van der Waals surface area contributed by atoms with Crippen LogP contribution in [0.15, 0.2) is 0 Å². The molecule has 0 bridgehead atoms. The van der Waals surface area contributed by atoms with Gasteiger partial charge in [0.25, 0.3) is 0 Å². The van der Waals surface area contributed by atoms with E-state index in [0.717, 1.165) is 18.9 Å². The quantitative estimate of drug-likeness (QED) is 0.711. The molecule has 0 aromatic rings. The second-order valence-electron chi connectivity index (χ2n) is 5.91. The molecule has 1 amide bonds. The lowest BCUT2D eigenvalue weighted by Crippen LogP contribution is -2.53. The summed E-state index contributed by atoms with van der Waals surface area (Å²) >= 11 is 0. The normalized spacial score (nSPS) is 26.9. The number of nitrogens with one attached hydrogen (secondary N) is 1. The van der Waals surface area contributed by atoms with Gasteiger partial charge in [0.2, 0.25) is 5.91 Å². The largest absolute Gasteiger partial charge is 0.378 e. The summed E-state index contributed by atoms with van der Waals surface area (Å²) in [6.07, 6.45) is 7.20. The van der Waals surface area contributed by atoms with Gasteiger partial charge in [-0.15, -0.1) is 0 Å². The molecule has 3 unspecified atom stereocenters. The molecule has 4 nitrogen and oxygen atoms in total. The smallest absolute Gasteiger partial charge is 0.237 e. The van der Waals surface area contributed by atoms with Gasteiger partial charge in [0, 0.05) is 6.61 Å². The molecule has 3 atom stereocenters. The van der Waals surface area contributed by atoms with Crippen molar-refractivity contribution in [2.24, 2.45) is 11.7 Å². The molecular formula is C15H30N2O2. The van der Waals surface area contributed by atoms with E-state index in [-0.39, 0.29) is 5.91 Å². The average molecular weight is 270 g/mol. The third-order valence-corrected chi connectivity index (χ3v) is 4.38. The summed E-state index contributed by atoms with van der Waals surface area (Å²) in [7, 11) is 0. The molecule has 1 rings (SSSR count). The lowest BCUT2D eigenvalue weighted by molar-refractivity contribution is -0.125. The maximum atomic E-state index is 11.5. The summed E-state index contributed by atoms with van der Waals surface area (Å²) in [6.45, 7) is 7.43. The first-order valence-corrected chi connectivity index (χ1v) is 7.68. The number of primary amides is 1. The minimum absolute atomic E-state index is 0.298. The molecule has 1 aliphatic carbocycles. The van der Waals surface area contributed by atoms with Crippen molar-refractivity contribution in [3.05, 3.63) is 0 Å². The topological polar surface area (TPSA) is 64.3 Å². The molecular weight excluding hydrogens is 240 g/mol. The highest BCUT2D eigenvalue weighted by atomic mass is 16.5. The van der Waals surface area contributed by atoms with Gasteiger partial charge in [0.1, 0.15) is 0 Å². The van der Waals surface area contributed by atoms with Crippen LogP contribution >= 0.6 is 0 Å². The van der Waals surface area contributed by atoms with E-state index in [0.29, 0.717) is 19.1 Å². The van der Waals surface area contributed by atoms with Crippen LogP contribution in [-0.2, 0) is 9.53 Å². The molecule has 1 aliphatic rings. The van der Waals surface area contributed by atoms with Crippen LogP contribution in [0.2, 0.25) is 0 Å². The Morgan fingerprint density at radius 3 is 2.74 bits per heavy atom. The minimum Gasteiger partial charge on any atom is -0.378 e. The molecule has 0 heterocycles. The first-order valence-electron chi connectivity index (χ1n) is 7.68. The molecule has 3 N–H and O–H groups in total. The summed E-state index contributed by atoms with van der Waals surface area (Å²) in [4.78, 5) is 11.5. The Kier molecular flexibility index (Phi) is 6.80. The Hall–Kier alpha value is -0.610. The van der Waals surface area contributed by atoms with Crippen molar-refractivity contribution in [3.8, 4) is 0 Å². The number of carbonyl (C=O) groups excluding carboxylic acids is 1. The summed E-state index contributed by atoms with van der Waals surface area (Å²) in [6, 6.07) is 0. The summed E-state index contributed by atoms with van der Waals surface area (Å²) < 4.78 is 5.96. The number of amides is 1. The SMILES string of the molecule is CCNC(C)(CCOC1CCCC(CC)C1)C(N)=O. The van der Waals surface area contributed by atoms with E-state index in [1.54, 1.807) is 0 Å². The van der Waals surface area contributed by atoms with Crippen molar-refractivity contribution in [1.29, 1.82) is 0 Å². The maximum absolute atomic E-state index is 11.5. The van der Waals surface area contributed by atoms with E-state index >= 15 is 0 Å². The number of hydrogen-bond acceptors (Lipinski definition) is 3. The van der Waals surface area contributed by atoms with Crippen molar-refractivity contribution in [2.45, 2.75) is 70.9 Å². The zero-order chi connectivity index (χ0) is 14.3. The van der Waals surface area contributed by atoms with Crippen LogP contribution in [0, 0.1) is 5.92 Å². The molecule has 0 aromatic heterocycles. The molecule has 4 heteroatoms. The van der Waals surface area contributed by atoms with Crippen molar-refractivity contribution >= 4 is 5.91 Å². The van der Waals surface area contributed by atoms with Crippen molar-refractivity contribution in [2.75, 3.05) is 13.2 Å². The summed E-state index contributed by atoms with van der Waals surface area (Å²) in [5.74, 6) is 0.517. The number of likely N-dealkylation sites (N-methyl/N-ethyl adjacent to an activating group) is 1. The fourth-order valence-corrected chi connectivity index (χ4v) is 2.88. The van der Waals surface area contributed by atoms with Gasteiger partial charge in [-0.05, 0) is 38.6 Å². The van der Waals surface area contributed by atoms with E-state index in [4.69, 9.17) is 10.5 Å². The van der Waals surface area contributed by atoms with Crippen LogP contribution in [0.1, 0.15) is 59.3 Å². The molecule has 0 spiro atoms. The first-order chi connectivity index (χ1) is 9.01. The summed E-state index contributed by atoms with van der Waals surface area (Å²) in [5.41, 5.74) is 4.82. The molecule has 19 heavy (non-hydrogen) atoms. The van der Waals surface area contributed by atoms with E-state index < -0.39 is 5.54 Å². The zero-order valence-corrected chi connectivity index (χ0v) is 12.7. The van der Waals surface area contributed by atoms with E-state index in [2.05, 4.69) is 12.2 Å². The summed E-state index contributed by atoms with van der Waals surface area (Å²) in [5, 5.41) is 3.16. The number of ether oxygens (including phenoxy) is 1. The Morgan fingerprint density at radius 1 is 1.42 bits per heavy atom. The van der Waals surface area contributed by atoms with Gasteiger partial charge in [-0.2, -0.15) is 0 Å². The molecule has 112 valence electrons. The molecule has 0 radical (unpaired) electrons. The highest BCUT2D eigenvalue weighted by Crippen LogP contribution is 2.28. The molecule has 0 aromatic carbocycles. The van der Waals surface area contributed by atoms with Crippen LogP contribution in [0.3, 0.4) is 0 Å². The van der Waals surface area contributed by atoms with Gasteiger partial charge in [-0.3, -0.25) is 4.79 Å². The molecule has 0 saturated heterocycles. The van der Waals surface area contributed by atoms with Crippen LogP contribution < -0.4 is 11.1 Å². The molecule has 0 aliphatic heterocycles. The number of nitrogens with two attached hydrogens (primary N) is 1. The Bertz CT molecular complexity index is 283. The molecule has 1 fully saturated rings. The third-order valence-electron chi connectivity index (χ3n) is 4.38. The van der Waals surface area contributed by atoms with E-state index in [1.165, 1.54) is 25.7 Å². The van der Waals surface area contributed by atoms with Gasteiger partial charge < -0.3 is 15.8 Å². The zero-order valence-electron chi connectivity index (χ0n) is 12.7. The second-order valence-corrected chi connectivity index (χ2v) is 5.91. The van der Waals surface area contributed by atoms with Crippen molar-refractivity contribution < 1.29 is 9.53 Å². The van der Waals surface area contributed by atoms with Gasteiger partial charge in [-0.25, -0.2) is 0 Å². The van der Waals surface area contributed by atoms with Gasteiger partial charge >= 0.3 is 0 Å². The van der Waals surface area contributed by atoms with Gasteiger partial charge in [0.05, 0.1) is 11.6 Å². The fourth-order valence-electron chi connectivity index (χ4n) is 2.88. The third kappa shape index (κ3) is 5.11. The van der Waals surface area contributed by atoms with Crippen LogP contribution in [-0.4, -0.2) is 30.7 Å². The van der Waals surface area contributed by atoms with Crippen LogP contribution in [0.25, 0.3) is 0 Å². The first kappa shape index (κ1) is 16.4. The van der Waals surface area contributed by atoms with Gasteiger partial charge in [0.15, 0.2) is 0 Å². The minimum atomic E-state index is -0.645. The van der Waals surface area contributed by atoms with Crippen molar-refractivity contribution in [3.63, 3.8) is 0 Å². The Morgan fingerprint density at radius 2 is 2.16 bits per heavy atom. The van der Waals surface area contributed by atoms with Crippen LogP contribution in [0.5, 0.6) is 0 Å². The number of hydrogen-bond donors (Lipinski definition) is 2. The predicted octanol–water partition coefficient (Wildman–Crippen LogP) is 2.22. The Labute approximate surface area is 117 Å². The fraction of sp³-hybridized carbons (Fsp3) is 0.933. The number of carbonyl (C=O) groups is 1.